The Hall–Kier alpha value is -1.17. The minimum Gasteiger partial charge on any atom is -0.183 e. The number of hydrogen-bond donors (Lipinski definition) is 0. The summed E-state index contributed by atoms with van der Waals surface area (Å²) >= 11 is 13.9. The number of benzene rings is 1. The Kier molecular flexibility index (Phi) is 2.55. The Morgan fingerprint density at radius 3 is 2.84 bits per heavy atom. The van der Waals surface area contributed by atoms with Gasteiger partial charge in [0.05, 0.1) is 10.0 Å². The SMILES string of the molecule is Clc1cccc(-c2nnc3sc(C4CC4)nn23)c1Cl. The van der Waals surface area contributed by atoms with Crippen LogP contribution in [0.25, 0.3) is 16.3 Å². The molecular weight excluding hydrogens is 303 g/mol. The van der Waals surface area contributed by atoms with E-state index in [2.05, 4.69) is 15.3 Å². The highest BCUT2D eigenvalue weighted by atomic mass is 35.5. The molecule has 0 amide bonds. The summed E-state index contributed by atoms with van der Waals surface area (Å²) in [6.07, 6.45) is 2.44. The van der Waals surface area contributed by atoms with Crippen molar-refractivity contribution in [2.24, 2.45) is 0 Å². The van der Waals surface area contributed by atoms with E-state index in [4.69, 9.17) is 23.2 Å². The van der Waals surface area contributed by atoms with Gasteiger partial charge in [-0.1, -0.05) is 40.6 Å². The zero-order chi connectivity index (χ0) is 13.0. The third kappa shape index (κ3) is 1.84. The summed E-state index contributed by atoms with van der Waals surface area (Å²) < 4.78 is 1.76. The van der Waals surface area contributed by atoms with E-state index in [9.17, 15) is 0 Å². The fourth-order valence-electron chi connectivity index (χ4n) is 1.97. The third-order valence-corrected chi connectivity index (χ3v) is 5.01. The van der Waals surface area contributed by atoms with Crippen LogP contribution in [0.5, 0.6) is 0 Å². The van der Waals surface area contributed by atoms with Gasteiger partial charge in [-0.25, -0.2) is 0 Å². The van der Waals surface area contributed by atoms with Crippen molar-refractivity contribution in [3.8, 4) is 11.4 Å². The van der Waals surface area contributed by atoms with Crippen LogP contribution in [0.2, 0.25) is 10.0 Å². The Bertz CT molecular complexity index is 775. The molecule has 19 heavy (non-hydrogen) atoms. The van der Waals surface area contributed by atoms with E-state index in [0.29, 0.717) is 21.8 Å². The first-order valence-corrected chi connectivity index (χ1v) is 7.48. The van der Waals surface area contributed by atoms with E-state index in [1.54, 1.807) is 21.9 Å². The van der Waals surface area contributed by atoms with Gasteiger partial charge in [0.15, 0.2) is 5.82 Å². The molecule has 1 saturated carbocycles. The monoisotopic (exact) mass is 310 g/mol. The van der Waals surface area contributed by atoms with E-state index in [1.807, 2.05) is 12.1 Å². The zero-order valence-corrected chi connectivity index (χ0v) is 12.0. The van der Waals surface area contributed by atoms with E-state index in [0.717, 1.165) is 15.5 Å². The molecule has 2 heterocycles. The molecule has 0 N–H and O–H groups in total. The Balaban J connectivity index is 1.92. The lowest BCUT2D eigenvalue weighted by molar-refractivity contribution is 0.902. The normalized spacial score (nSPS) is 15.3. The first kappa shape index (κ1) is 11.6. The fourth-order valence-corrected chi connectivity index (χ4v) is 3.36. The van der Waals surface area contributed by atoms with Gasteiger partial charge in [0.25, 0.3) is 0 Å². The van der Waals surface area contributed by atoms with Crippen molar-refractivity contribution in [1.29, 1.82) is 0 Å². The molecule has 7 heteroatoms. The third-order valence-electron chi connectivity index (χ3n) is 3.13. The first-order valence-electron chi connectivity index (χ1n) is 5.90. The van der Waals surface area contributed by atoms with Gasteiger partial charge in [0, 0.05) is 11.5 Å². The van der Waals surface area contributed by atoms with Gasteiger partial charge in [-0.15, -0.1) is 10.2 Å². The van der Waals surface area contributed by atoms with E-state index < -0.39 is 0 Å². The maximum atomic E-state index is 6.23. The molecular formula is C12H8Cl2N4S. The number of hydrogen-bond acceptors (Lipinski definition) is 4. The zero-order valence-electron chi connectivity index (χ0n) is 9.68. The van der Waals surface area contributed by atoms with Crippen molar-refractivity contribution in [3.63, 3.8) is 0 Å². The van der Waals surface area contributed by atoms with Gasteiger partial charge in [-0.3, -0.25) is 0 Å². The van der Waals surface area contributed by atoms with Gasteiger partial charge >= 0.3 is 0 Å². The standard InChI is InChI=1S/C12H8Cl2N4S/c13-8-3-1-2-7(9(8)14)10-15-16-12-18(10)17-11(19-12)6-4-5-6/h1-3,6H,4-5H2. The van der Waals surface area contributed by atoms with Crippen molar-refractivity contribution >= 4 is 39.5 Å². The van der Waals surface area contributed by atoms with Crippen LogP contribution in [0.3, 0.4) is 0 Å². The number of aromatic nitrogens is 4. The Morgan fingerprint density at radius 2 is 2.05 bits per heavy atom. The average Bonchev–Trinajstić information content (AvgIpc) is 3.05. The van der Waals surface area contributed by atoms with Crippen molar-refractivity contribution < 1.29 is 0 Å². The van der Waals surface area contributed by atoms with E-state index >= 15 is 0 Å². The Morgan fingerprint density at radius 1 is 1.21 bits per heavy atom. The lowest BCUT2D eigenvalue weighted by Gasteiger charge is -2.01. The quantitative estimate of drug-likeness (QED) is 0.717. The highest BCUT2D eigenvalue weighted by Gasteiger charge is 2.28. The second-order valence-corrected chi connectivity index (χ2v) is 6.31. The molecule has 0 aliphatic heterocycles. The highest BCUT2D eigenvalue weighted by molar-refractivity contribution is 7.16. The number of rotatable bonds is 2. The lowest BCUT2D eigenvalue weighted by Crippen LogP contribution is -1.92. The van der Waals surface area contributed by atoms with Crippen LogP contribution < -0.4 is 0 Å². The minimum absolute atomic E-state index is 0.486. The van der Waals surface area contributed by atoms with Gasteiger partial charge in [0.2, 0.25) is 4.96 Å². The summed E-state index contributed by atoms with van der Waals surface area (Å²) in [5.41, 5.74) is 0.759. The van der Waals surface area contributed by atoms with E-state index in [-0.39, 0.29) is 0 Å². The molecule has 0 saturated heterocycles. The number of halogens is 2. The lowest BCUT2D eigenvalue weighted by atomic mass is 10.2. The van der Waals surface area contributed by atoms with Crippen LogP contribution in [-0.2, 0) is 0 Å². The molecule has 0 atom stereocenters. The number of nitrogens with zero attached hydrogens (tertiary/aromatic N) is 4. The minimum atomic E-state index is 0.486. The molecule has 96 valence electrons. The molecule has 1 aromatic carbocycles. The summed E-state index contributed by atoms with van der Waals surface area (Å²) in [6, 6.07) is 5.47. The Labute approximate surface area is 123 Å². The molecule has 4 rings (SSSR count). The summed E-state index contributed by atoms with van der Waals surface area (Å²) in [6.45, 7) is 0. The summed E-state index contributed by atoms with van der Waals surface area (Å²) in [5, 5.41) is 15.0. The molecule has 4 nitrogen and oxygen atoms in total. The van der Waals surface area contributed by atoms with Crippen LogP contribution >= 0.6 is 34.5 Å². The van der Waals surface area contributed by atoms with Crippen molar-refractivity contribution in [3.05, 3.63) is 33.3 Å². The van der Waals surface area contributed by atoms with Crippen molar-refractivity contribution in [2.75, 3.05) is 0 Å². The van der Waals surface area contributed by atoms with Crippen molar-refractivity contribution in [2.45, 2.75) is 18.8 Å². The molecule has 3 aromatic rings. The van der Waals surface area contributed by atoms with Crippen LogP contribution in [0.15, 0.2) is 18.2 Å². The first-order chi connectivity index (χ1) is 9.24. The van der Waals surface area contributed by atoms with Crippen LogP contribution in [0.1, 0.15) is 23.8 Å². The van der Waals surface area contributed by atoms with E-state index in [1.165, 1.54) is 12.8 Å². The molecule has 0 unspecified atom stereocenters. The molecule has 0 spiro atoms. The van der Waals surface area contributed by atoms with Crippen LogP contribution in [0.4, 0.5) is 0 Å². The van der Waals surface area contributed by atoms with Gasteiger partial charge in [0.1, 0.15) is 5.01 Å². The second kappa shape index (κ2) is 4.16. The van der Waals surface area contributed by atoms with Gasteiger partial charge < -0.3 is 0 Å². The topological polar surface area (TPSA) is 43.1 Å². The smallest absolute Gasteiger partial charge is 0.183 e. The predicted molar refractivity (Wildman–Crippen MR) is 76.1 cm³/mol. The molecule has 0 radical (unpaired) electrons. The van der Waals surface area contributed by atoms with Crippen LogP contribution in [-0.4, -0.2) is 19.8 Å². The maximum Gasteiger partial charge on any atom is 0.234 e. The summed E-state index contributed by atoms with van der Waals surface area (Å²) in [5.74, 6) is 1.25. The second-order valence-electron chi connectivity index (χ2n) is 4.53. The average molecular weight is 311 g/mol. The van der Waals surface area contributed by atoms with Gasteiger partial charge in [-0.05, 0) is 25.0 Å². The predicted octanol–water partition coefficient (Wildman–Crippen LogP) is 4.04. The van der Waals surface area contributed by atoms with Crippen LogP contribution in [0, 0.1) is 0 Å². The fraction of sp³-hybridized carbons (Fsp3) is 0.250. The molecule has 2 aromatic heterocycles. The number of fused-ring (bicyclic) bond motifs is 1. The summed E-state index contributed by atoms with van der Waals surface area (Å²) in [4.78, 5) is 0.799. The maximum absolute atomic E-state index is 6.23. The molecule has 1 fully saturated rings. The summed E-state index contributed by atoms with van der Waals surface area (Å²) in [7, 11) is 0. The molecule has 1 aliphatic carbocycles. The van der Waals surface area contributed by atoms with Gasteiger partial charge in [-0.2, -0.15) is 9.61 Å². The largest absolute Gasteiger partial charge is 0.234 e. The molecule has 0 bridgehead atoms. The molecule has 1 aliphatic rings. The highest BCUT2D eigenvalue weighted by Crippen LogP contribution is 2.42. The van der Waals surface area contributed by atoms with Crippen molar-refractivity contribution in [1.82, 2.24) is 19.8 Å².